The van der Waals surface area contributed by atoms with Gasteiger partial charge in [0, 0.05) is 44.1 Å². The molecule has 2 heterocycles. The predicted octanol–water partition coefficient (Wildman–Crippen LogP) is 2.40. The predicted molar refractivity (Wildman–Crippen MR) is 111 cm³/mol. The van der Waals surface area contributed by atoms with E-state index in [-0.39, 0.29) is 18.1 Å². The maximum atomic E-state index is 13.1. The second-order valence-electron chi connectivity index (χ2n) is 7.40. The normalized spacial score (nSPS) is 14.0. The first kappa shape index (κ1) is 24.2. The highest BCUT2D eigenvalue weighted by molar-refractivity contribution is 5.99. The maximum Gasteiger partial charge on any atom is 0.471 e. The van der Waals surface area contributed by atoms with Crippen LogP contribution < -0.4 is 5.32 Å². The molecule has 1 aliphatic heterocycles. The van der Waals surface area contributed by atoms with Gasteiger partial charge in [0.2, 0.25) is 0 Å². The van der Waals surface area contributed by atoms with Crippen LogP contribution >= 0.6 is 0 Å². The van der Waals surface area contributed by atoms with Gasteiger partial charge in [0.05, 0.1) is 19.8 Å². The molecule has 1 aromatic heterocycles. The van der Waals surface area contributed by atoms with Crippen LogP contribution in [0, 0.1) is 0 Å². The fraction of sp³-hybridized carbons (Fsp3) is 0.364. The molecule has 176 valence electrons. The number of ether oxygens (including phenoxy) is 1. The first-order valence-corrected chi connectivity index (χ1v) is 10.2. The highest BCUT2D eigenvalue weighted by atomic mass is 19.4. The van der Waals surface area contributed by atoms with Crippen LogP contribution in [0.1, 0.15) is 21.5 Å². The number of ketones is 1. The first-order chi connectivity index (χ1) is 15.7. The Morgan fingerprint density at radius 1 is 1.03 bits per heavy atom. The largest absolute Gasteiger partial charge is 0.471 e. The van der Waals surface area contributed by atoms with Crippen LogP contribution in [-0.2, 0) is 22.6 Å². The lowest BCUT2D eigenvalue weighted by Gasteiger charge is -2.33. The minimum absolute atomic E-state index is 0.152. The topological polar surface area (TPSA) is 91.8 Å². The average molecular weight is 464 g/mol. The van der Waals surface area contributed by atoms with E-state index >= 15 is 0 Å². The van der Waals surface area contributed by atoms with E-state index in [1.807, 2.05) is 6.07 Å². The van der Waals surface area contributed by atoms with Gasteiger partial charge in [0.15, 0.2) is 5.78 Å². The Hall–Kier alpha value is -3.47. The first-order valence-electron chi connectivity index (χ1n) is 10.2. The number of benzene rings is 1. The highest BCUT2D eigenvalue weighted by Gasteiger charge is 2.38. The van der Waals surface area contributed by atoms with Gasteiger partial charge in [-0.2, -0.15) is 13.2 Å². The summed E-state index contributed by atoms with van der Waals surface area (Å²) < 4.78 is 42.1. The lowest BCUT2D eigenvalue weighted by atomic mass is 10.1. The summed E-state index contributed by atoms with van der Waals surface area (Å²) in [5.74, 6) is -2.82. The van der Waals surface area contributed by atoms with Crippen LogP contribution in [-0.4, -0.2) is 71.5 Å². The number of morpholine rings is 1. The Labute approximate surface area is 188 Å². The molecule has 0 aliphatic carbocycles. The fourth-order valence-electron chi connectivity index (χ4n) is 3.24. The molecule has 1 saturated heterocycles. The van der Waals surface area contributed by atoms with Crippen molar-refractivity contribution in [2.75, 3.05) is 32.8 Å². The number of nitrogens with zero attached hydrogens (tertiary/aromatic N) is 3. The lowest BCUT2D eigenvalue weighted by molar-refractivity contribution is -0.173. The average Bonchev–Trinajstić information content (AvgIpc) is 2.82. The number of aromatic nitrogens is 1. The van der Waals surface area contributed by atoms with Gasteiger partial charge in [-0.15, -0.1) is 0 Å². The zero-order valence-corrected chi connectivity index (χ0v) is 17.7. The van der Waals surface area contributed by atoms with E-state index in [0.717, 1.165) is 11.1 Å². The van der Waals surface area contributed by atoms with Crippen LogP contribution in [0.2, 0.25) is 0 Å². The molecular formula is C22H23F3N4O4. The van der Waals surface area contributed by atoms with Crippen LogP contribution in [0.4, 0.5) is 18.0 Å². The minimum atomic E-state index is -5.05. The molecule has 2 aromatic rings. The van der Waals surface area contributed by atoms with Crippen LogP contribution in [0.25, 0.3) is 0 Å². The molecule has 11 heteroatoms. The van der Waals surface area contributed by atoms with E-state index in [9.17, 15) is 27.6 Å². The summed E-state index contributed by atoms with van der Waals surface area (Å²) in [7, 11) is 0. The summed E-state index contributed by atoms with van der Waals surface area (Å²) in [6.45, 7) is 1.72. The molecule has 1 aliphatic rings. The van der Waals surface area contributed by atoms with Gasteiger partial charge in [0.1, 0.15) is 0 Å². The van der Waals surface area contributed by atoms with Gasteiger partial charge in [-0.1, -0.05) is 30.3 Å². The Kier molecular flexibility index (Phi) is 7.99. The second kappa shape index (κ2) is 10.9. The standard InChI is InChI=1S/C22H23F3N4O4/c23-22(24,25)20(31)27-13-19(30)18-5-3-16(4-6-18)14-29(15-17-2-1-7-26-12-17)21(32)28-8-10-33-11-9-28/h1-7,12H,8-11,13-15H2,(H,27,31). The Balaban J connectivity index is 1.67. The van der Waals surface area contributed by atoms with E-state index in [0.29, 0.717) is 32.8 Å². The number of halogens is 3. The molecule has 1 aromatic carbocycles. The third-order valence-electron chi connectivity index (χ3n) is 4.96. The van der Waals surface area contributed by atoms with Crippen molar-refractivity contribution < 1.29 is 32.3 Å². The van der Waals surface area contributed by atoms with Gasteiger partial charge >= 0.3 is 18.1 Å². The van der Waals surface area contributed by atoms with Crippen molar-refractivity contribution >= 4 is 17.7 Å². The van der Waals surface area contributed by atoms with Crippen LogP contribution in [0.15, 0.2) is 48.8 Å². The summed E-state index contributed by atoms with van der Waals surface area (Å²) in [5, 5.41) is 1.56. The van der Waals surface area contributed by atoms with E-state index in [1.165, 1.54) is 12.1 Å². The quantitative estimate of drug-likeness (QED) is 0.636. The highest BCUT2D eigenvalue weighted by Crippen LogP contribution is 2.16. The molecular weight excluding hydrogens is 441 g/mol. The number of carbonyl (C=O) groups excluding carboxylic acids is 3. The van der Waals surface area contributed by atoms with Crippen LogP contribution in [0.5, 0.6) is 0 Å². The van der Waals surface area contributed by atoms with Crippen molar-refractivity contribution in [3.05, 3.63) is 65.5 Å². The van der Waals surface area contributed by atoms with Crippen molar-refractivity contribution in [3.63, 3.8) is 0 Å². The summed E-state index contributed by atoms with van der Waals surface area (Å²) >= 11 is 0. The zero-order chi connectivity index (χ0) is 23.8. The SMILES string of the molecule is O=C(CNC(=O)C(F)(F)F)c1ccc(CN(Cc2cccnc2)C(=O)N2CCOCC2)cc1. The number of nitrogens with one attached hydrogen (secondary N) is 1. The molecule has 0 radical (unpaired) electrons. The van der Waals surface area contributed by atoms with E-state index < -0.39 is 24.4 Å². The van der Waals surface area contributed by atoms with E-state index in [2.05, 4.69) is 4.98 Å². The molecule has 3 rings (SSSR count). The molecule has 3 amide bonds. The number of rotatable bonds is 7. The number of carbonyl (C=O) groups is 3. The molecule has 1 N–H and O–H groups in total. The zero-order valence-electron chi connectivity index (χ0n) is 17.7. The second-order valence-corrected chi connectivity index (χ2v) is 7.40. The molecule has 8 nitrogen and oxygen atoms in total. The summed E-state index contributed by atoms with van der Waals surface area (Å²) in [5.41, 5.74) is 1.74. The number of hydrogen-bond acceptors (Lipinski definition) is 5. The molecule has 0 spiro atoms. The molecule has 0 atom stereocenters. The Bertz CT molecular complexity index is 962. The fourth-order valence-corrected chi connectivity index (χ4v) is 3.24. The lowest BCUT2D eigenvalue weighted by Crippen LogP contribution is -2.47. The van der Waals surface area contributed by atoms with Gasteiger partial charge in [0.25, 0.3) is 0 Å². The molecule has 1 fully saturated rings. The van der Waals surface area contributed by atoms with Gasteiger partial charge in [-0.05, 0) is 17.2 Å². The third kappa shape index (κ3) is 7.01. The van der Waals surface area contributed by atoms with Crippen molar-refractivity contribution in [1.29, 1.82) is 0 Å². The molecule has 33 heavy (non-hydrogen) atoms. The minimum Gasteiger partial charge on any atom is -0.378 e. The van der Waals surface area contributed by atoms with Gasteiger partial charge in [-0.3, -0.25) is 14.6 Å². The maximum absolute atomic E-state index is 13.1. The molecule has 0 unspecified atom stereocenters. The van der Waals surface area contributed by atoms with Gasteiger partial charge in [-0.25, -0.2) is 4.79 Å². The number of amides is 3. The van der Waals surface area contributed by atoms with Gasteiger partial charge < -0.3 is 19.9 Å². The molecule has 0 saturated carbocycles. The summed E-state index contributed by atoms with van der Waals surface area (Å²) in [4.78, 5) is 43.5. The Morgan fingerprint density at radius 3 is 2.30 bits per heavy atom. The van der Waals surface area contributed by atoms with E-state index in [4.69, 9.17) is 4.74 Å². The van der Waals surface area contributed by atoms with Crippen molar-refractivity contribution in [1.82, 2.24) is 20.1 Å². The van der Waals surface area contributed by atoms with Crippen LogP contribution in [0.3, 0.4) is 0 Å². The molecule has 0 bridgehead atoms. The number of hydrogen-bond donors (Lipinski definition) is 1. The van der Waals surface area contributed by atoms with Crippen molar-refractivity contribution in [2.24, 2.45) is 0 Å². The number of Topliss-reactive ketones (excluding diaryl/α,β-unsaturated/α-hetero) is 1. The smallest absolute Gasteiger partial charge is 0.378 e. The number of pyridine rings is 1. The third-order valence-corrected chi connectivity index (χ3v) is 4.96. The Morgan fingerprint density at radius 2 is 1.70 bits per heavy atom. The monoisotopic (exact) mass is 464 g/mol. The summed E-state index contributed by atoms with van der Waals surface area (Å²) in [6.07, 6.45) is -1.73. The number of urea groups is 1. The number of alkyl halides is 3. The van der Waals surface area contributed by atoms with E-state index in [1.54, 1.807) is 45.7 Å². The van der Waals surface area contributed by atoms with Crippen molar-refractivity contribution in [2.45, 2.75) is 19.3 Å². The van der Waals surface area contributed by atoms with Crippen molar-refractivity contribution in [3.8, 4) is 0 Å². The summed E-state index contributed by atoms with van der Waals surface area (Å²) in [6, 6.07) is 9.66.